The average molecular weight is 234 g/mol. The van der Waals surface area contributed by atoms with Gasteiger partial charge in [-0.3, -0.25) is 0 Å². The van der Waals surface area contributed by atoms with Crippen molar-refractivity contribution in [3.63, 3.8) is 0 Å². The molecule has 17 heavy (non-hydrogen) atoms. The van der Waals surface area contributed by atoms with Gasteiger partial charge in [-0.1, -0.05) is 38.0 Å². The molecular weight excluding hydrogens is 212 g/mol. The van der Waals surface area contributed by atoms with E-state index in [9.17, 15) is 5.11 Å². The van der Waals surface area contributed by atoms with Crippen molar-refractivity contribution in [2.75, 3.05) is 13.2 Å². The standard InChI is InChI=1S/C15H22O2/c1-2-3-8-15(9-11-16)10-12-17-14-7-5-4-6-13(14)15/h4-7,16H,2-3,8-12H2,1H3. The second-order valence-corrected chi connectivity index (χ2v) is 4.95. The Kier molecular flexibility index (Phi) is 4.06. The van der Waals surface area contributed by atoms with Crippen molar-refractivity contribution in [2.24, 2.45) is 0 Å². The van der Waals surface area contributed by atoms with Crippen LogP contribution >= 0.6 is 0 Å². The zero-order valence-electron chi connectivity index (χ0n) is 10.6. The average Bonchev–Trinajstić information content (AvgIpc) is 2.37. The normalized spacial score (nSPS) is 22.9. The topological polar surface area (TPSA) is 29.5 Å². The van der Waals surface area contributed by atoms with Crippen LogP contribution < -0.4 is 4.74 Å². The van der Waals surface area contributed by atoms with E-state index in [0.29, 0.717) is 0 Å². The van der Waals surface area contributed by atoms with Crippen molar-refractivity contribution in [1.82, 2.24) is 0 Å². The van der Waals surface area contributed by atoms with Crippen molar-refractivity contribution in [3.05, 3.63) is 29.8 Å². The summed E-state index contributed by atoms with van der Waals surface area (Å²) in [7, 11) is 0. The predicted octanol–water partition coefficient (Wildman–Crippen LogP) is 3.28. The summed E-state index contributed by atoms with van der Waals surface area (Å²) in [5.41, 5.74) is 1.44. The molecule has 0 amide bonds. The second kappa shape index (κ2) is 5.54. The minimum Gasteiger partial charge on any atom is -0.493 e. The summed E-state index contributed by atoms with van der Waals surface area (Å²) < 4.78 is 5.72. The Morgan fingerprint density at radius 2 is 2.12 bits per heavy atom. The fourth-order valence-electron chi connectivity index (χ4n) is 2.90. The van der Waals surface area contributed by atoms with E-state index in [1.54, 1.807) is 0 Å². The third kappa shape index (κ3) is 2.47. The molecule has 0 fully saturated rings. The number of para-hydroxylation sites is 1. The van der Waals surface area contributed by atoms with Gasteiger partial charge in [0.15, 0.2) is 0 Å². The maximum absolute atomic E-state index is 9.37. The monoisotopic (exact) mass is 234 g/mol. The van der Waals surface area contributed by atoms with Gasteiger partial charge >= 0.3 is 0 Å². The number of unbranched alkanes of at least 4 members (excludes halogenated alkanes) is 1. The molecule has 1 atom stereocenters. The Hall–Kier alpha value is -1.02. The Morgan fingerprint density at radius 3 is 2.88 bits per heavy atom. The second-order valence-electron chi connectivity index (χ2n) is 4.95. The number of fused-ring (bicyclic) bond motifs is 1. The molecule has 1 aliphatic heterocycles. The van der Waals surface area contributed by atoms with Gasteiger partial charge in [-0.05, 0) is 25.3 Å². The lowest BCUT2D eigenvalue weighted by Crippen LogP contribution is -2.34. The maximum Gasteiger partial charge on any atom is 0.123 e. The van der Waals surface area contributed by atoms with Crippen LogP contribution in [0.3, 0.4) is 0 Å². The van der Waals surface area contributed by atoms with Crippen LogP contribution in [0.1, 0.15) is 44.6 Å². The third-order valence-corrected chi connectivity index (χ3v) is 3.90. The smallest absolute Gasteiger partial charge is 0.123 e. The van der Waals surface area contributed by atoms with E-state index in [0.717, 1.165) is 31.6 Å². The van der Waals surface area contributed by atoms with E-state index in [4.69, 9.17) is 4.74 Å². The molecule has 0 aliphatic carbocycles. The van der Waals surface area contributed by atoms with Crippen LogP contribution in [0, 0.1) is 0 Å². The predicted molar refractivity (Wildman–Crippen MR) is 69.5 cm³/mol. The Morgan fingerprint density at radius 1 is 1.29 bits per heavy atom. The molecule has 2 nitrogen and oxygen atoms in total. The number of benzene rings is 1. The van der Waals surface area contributed by atoms with Gasteiger partial charge in [0.25, 0.3) is 0 Å². The van der Waals surface area contributed by atoms with Gasteiger partial charge < -0.3 is 9.84 Å². The molecule has 0 bridgehead atoms. The molecule has 0 aromatic heterocycles. The summed E-state index contributed by atoms with van der Waals surface area (Å²) in [6, 6.07) is 8.31. The van der Waals surface area contributed by atoms with E-state index in [2.05, 4.69) is 19.1 Å². The van der Waals surface area contributed by atoms with Crippen LogP contribution in [0.15, 0.2) is 24.3 Å². The molecule has 0 spiro atoms. The first-order chi connectivity index (χ1) is 8.32. The lowest BCUT2D eigenvalue weighted by atomic mass is 9.70. The number of rotatable bonds is 5. The molecule has 94 valence electrons. The molecule has 1 aliphatic rings. The fourth-order valence-corrected chi connectivity index (χ4v) is 2.90. The molecule has 1 unspecified atom stereocenters. The number of aliphatic hydroxyl groups excluding tert-OH is 1. The van der Waals surface area contributed by atoms with Gasteiger partial charge in [-0.15, -0.1) is 0 Å². The van der Waals surface area contributed by atoms with Crippen LogP contribution in [-0.2, 0) is 5.41 Å². The summed E-state index contributed by atoms with van der Waals surface area (Å²) in [4.78, 5) is 0. The minimum absolute atomic E-state index is 0.138. The third-order valence-electron chi connectivity index (χ3n) is 3.90. The van der Waals surface area contributed by atoms with Crippen molar-refractivity contribution in [3.8, 4) is 5.75 Å². The highest BCUT2D eigenvalue weighted by Crippen LogP contribution is 2.44. The molecule has 0 radical (unpaired) electrons. The SMILES string of the molecule is CCCCC1(CCO)CCOc2ccccc21. The van der Waals surface area contributed by atoms with Crippen LogP contribution in [0.4, 0.5) is 0 Å². The quantitative estimate of drug-likeness (QED) is 0.847. The first kappa shape index (κ1) is 12.4. The first-order valence-electron chi connectivity index (χ1n) is 6.65. The Balaban J connectivity index is 2.32. The highest BCUT2D eigenvalue weighted by molar-refractivity contribution is 5.41. The van der Waals surface area contributed by atoms with E-state index in [1.165, 1.54) is 18.4 Å². The minimum atomic E-state index is 0.138. The zero-order valence-corrected chi connectivity index (χ0v) is 10.6. The van der Waals surface area contributed by atoms with Crippen LogP contribution in [0.25, 0.3) is 0 Å². The highest BCUT2D eigenvalue weighted by atomic mass is 16.5. The summed E-state index contributed by atoms with van der Waals surface area (Å²) >= 11 is 0. The number of ether oxygens (including phenoxy) is 1. The molecular formula is C15H22O2. The fraction of sp³-hybridized carbons (Fsp3) is 0.600. The molecule has 1 aromatic carbocycles. The summed E-state index contributed by atoms with van der Waals surface area (Å²) in [5.74, 6) is 1.02. The summed E-state index contributed by atoms with van der Waals surface area (Å²) in [6.07, 6.45) is 5.47. The number of hydrogen-bond acceptors (Lipinski definition) is 2. The van der Waals surface area contributed by atoms with Crippen LogP contribution in [0.2, 0.25) is 0 Å². The zero-order chi connectivity index (χ0) is 12.1. The van der Waals surface area contributed by atoms with Gasteiger partial charge in [0, 0.05) is 17.6 Å². The molecule has 2 rings (SSSR count). The molecule has 1 heterocycles. The van der Waals surface area contributed by atoms with E-state index in [1.807, 2.05) is 12.1 Å². The summed E-state index contributed by atoms with van der Waals surface area (Å²) in [5, 5.41) is 9.37. The highest BCUT2D eigenvalue weighted by Gasteiger charge is 2.36. The van der Waals surface area contributed by atoms with Crippen molar-refractivity contribution < 1.29 is 9.84 Å². The molecule has 0 saturated heterocycles. The largest absolute Gasteiger partial charge is 0.493 e. The van der Waals surface area contributed by atoms with Crippen molar-refractivity contribution in [1.29, 1.82) is 0 Å². The van der Waals surface area contributed by atoms with Gasteiger partial charge in [0.2, 0.25) is 0 Å². The lowest BCUT2D eigenvalue weighted by Gasteiger charge is -2.39. The van der Waals surface area contributed by atoms with Crippen molar-refractivity contribution >= 4 is 0 Å². The van der Waals surface area contributed by atoms with E-state index in [-0.39, 0.29) is 12.0 Å². The van der Waals surface area contributed by atoms with E-state index < -0.39 is 0 Å². The number of hydrogen-bond donors (Lipinski definition) is 1. The summed E-state index contributed by atoms with van der Waals surface area (Å²) in [6.45, 7) is 3.26. The maximum atomic E-state index is 9.37. The molecule has 1 N–H and O–H groups in total. The molecule has 1 aromatic rings. The van der Waals surface area contributed by atoms with Crippen LogP contribution in [-0.4, -0.2) is 18.3 Å². The Labute approximate surface area is 104 Å². The van der Waals surface area contributed by atoms with E-state index >= 15 is 0 Å². The van der Waals surface area contributed by atoms with Gasteiger partial charge in [-0.2, -0.15) is 0 Å². The molecule has 2 heteroatoms. The van der Waals surface area contributed by atoms with Gasteiger partial charge in [0.05, 0.1) is 6.61 Å². The molecule has 0 saturated carbocycles. The number of aliphatic hydroxyl groups is 1. The Bertz CT molecular complexity index is 362. The van der Waals surface area contributed by atoms with Crippen LogP contribution in [0.5, 0.6) is 5.75 Å². The first-order valence-corrected chi connectivity index (χ1v) is 6.65. The van der Waals surface area contributed by atoms with Gasteiger partial charge in [-0.25, -0.2) is 0 Å². The lowest BCUT2D eigenvalue weighted by molar-refractivity contribution is 0.161. The van der Waals surface area contributed by atoms with Gasteiger partial charge in [0.1, 0.15) is 5.75 Å². The van der Waals surface area contributed by atoms with Crippen molar-refractivity contribution in [2.45, 2.75) is 44.4 Å².